The first-order valence-electron chi connectivity index (χ1n) is 9.24. The number of methoxy groups -OCH3 is 1. The number of carbonyl (C=O) groups excluding carboxylic acids is 1. The van der Waals surface area contributed by atoms with Gasteiger partial charge in [-0.1, -0.05) is 19.1 Å². The van der Waals surface area contributed by atoms with Crippen LogP contribution in [0, 0.1) is 0 Å². The van der Waals surface area contributed by atoms with Gasteiger partial charge in [-0.25, -0.2) is 14.5 Å². The van der Waals surface area contributed by atoms with Crippen LogP contribution in [0.25, 0.3) is 0 Å². The molecular formula is C18H21N7O4S2. The quantitative estimate of drug-likeness (QED) is 0.519. The Labute approximate surface area is 184 Å². The maximum absolute atomic E-state index is 11.5. The Balaban J connectivity index is 1.84. The minimum Gasteiger partial charge on any atom is -0.453 e. The van der Waals surface area contributed by atoms with E-state index in [-0.39, 0.29) is 12.0 Å². The number of carbonyl (C=O) groups is 1. The van der Waals surface area contributed by atoms with Crippen molar-refractivity contribution in [3.63, 3.8) is 0 Å². The molecule has 164 valence electrons. The third-order valence-electron chi connectivity index (χ3n) is 4.25. The average molecular weight is 464 g/mol. The van der Waals surface area contributed by atoms with Crippen molar-refractivity contribution in [2.75, 3.05) is 17.7 Å². The van der Waals surface area contributed by atoms with Crippen molar-refractivity contribution in [1.29, 1.82) is 0 Å². The fourth-order valence-electron chi connectivity index (χ4n) is 2.74. The lowest BCUT2D eigenvalue weighted by Gasteiger charge is -2.16. The van der Waals surface area contributed by atoms with Gasteiger partial charge in [0.1, 0.15) is 0 Å². The molecule has 0 saturated heterocycles. The predicted octanol–water partition coefficient (Wildman–Crippen LogP) is 3.10. The van der Waals surface area contributed by atoms with Gasteiger partial charge in [0.15, 0.2) is 0 Å². The second-order valence-corrected chi connectivity index (χ2v) is 7.95. The van der Waals surface area contributed by atoms with Gasteiger partial charge in [0.25, 0.3) is 0 Å². The number of nitrogens with one attached hydrogen (secondary N) is 2. The second-order valence-electron chi connectivity index (χ2n) is 6.39. The molecule has 0 fully saturated rings. The smallest absolute Gasteiger partial charge is 0.413 e. The Morgan fingerprint density at radius 2 is 2.03 bits per heavy atom. The van der Waals surface area contributed by atoms with Gasteiger partial charge in [0.05, 0.1) is 29.5 Å². The van der Waals surface area contributed by atoms with E-state index in [9.17, 15) is 13.2 Å². The number of thiazole rings is 1. The molecule has 2 aromatic heterocycles. The molecule has 3 aromatic rings. The molecule has 0 spiro atoms. The van der Waals surface area contributed by atoms with Crippen LogP contribution in [0.5, 0.6) is 0 Å². The van der Waals surface area contributed by atoms with E-state index < -0.39 is 16.6 Å². The number of benzene rings is 1. The molecule has 0 aliphatic heterocycles. The van der Waals surface area contributed by atoms with Crippen molar-refractivity contribution in [3.05, 3.63) is 45.9 Å². The lowest BCUT2D eigenvalue weighted by Crippen LogP contribution is -2.15. The molecule has 11 nitrogen and oxygen atoms in total. The summed E-state index contributed by atoms with van der Waals surface area (Å²) in [5.41, 5.74) is 2.14. The van der Waals surface area contributed by atoms with Crippen molar-refractivity contribution in [2.24, 2.45) is 11.4 Å². The molecule has 3 rings (SSSR count). The van der Waals surface area contributed by atoms with Crippen LogP contribution in [0.15, 0.2) is 34.0 Å². The summed E-state index contributed by atoms with van der Waals surface area (Å²) in [6, 6.07) is 6.64. The summed E-state index contributed by atoms with van der Waals surface area (Å²) in [7, 11) is 0.420. The van der Waals surface area contributed by atoms with E-state index >= 15 is 0 Å². The topological polar surface area (TPSA) is 140 Å². The summed E-state index contributed by atoms with van der Waals surface area (Å²) < 4.78 is 31.0. The van der Waals surface area contributed by atoms with Crippen LogP contribution in [0.1, 0.15) is 29.2 Å². The number of rotatable bonds is 8. The third kappa shape index (κ3) is 6.08. The van der Waals surface area contributed by atoms with Gasteiger partial charge in [-0.3, -0.25) is 5.32 Å². The van der Waals surface area contributed by atoms with E-state index in [1.165, 1.54) is 11.8 Å². The summed E-state index contributed by atoms with van der Waals surface area (Å²) in [6.07, 6.45) is 0.732. The van der Waals surface area contributed by atoms with Crippen LogP contribution in [0.4, 0.5) is 22.4 Å². The van der Waals surface area contributed by atoms with E-state index in [1.807, 2.05) is 24.4 Å². The van der Waals surface area contributed by atoms with Crippen LogP contribution < -0.4 is 10.6 Å². The Hall–Kier alpha value is -3.32. The second kappa shape index (κ2) is 10.1. The number of anilines is 2. The van der Waals surface area contributed by atoms with Gasteiger partial charge in [0.2, 0.25) is 11.9 Å². The van der Waals surface area contributed by atoms with E-state index in [2.05, 4.69) is 34.8 Å². The van der Waals surface area contributed by atoms with Crippen molar-refractivity contribution in [3.8, 4) is 0 Å². The number of amides is 1. The maximum Gasteiger partial charge on any atom is 0.413 e. The minimum atomic E-state index is -2.50. The van der Waals surface area contributed by atoms with Gasteiger partial charge in [-0.2, -0.15) is 13.4 Å². The third-order valence-corrected chi connectivity index (χ3v) is 5.62. The number of aryl methyl sites for hydroxylation is 2. The number of aromatic nitrogens is 4. The molecule has 0 unspecified atom stereocenters. The van der Waals surface area contributed by atoms with Gasteiger partial charge in [-0.05, 0) is 30.5 Å². The maximum atomic E-state index is 11.5. The van der Waals surface area contributed by atoms with Gasteiger partial charge in [-0.15, -0.1) is 20.8 Å². The molecule has 2 heterocycles. The van der Waals surface area contributed by atoms with Crippen molar-refractivity contribution in [1.82, 2.24) is 19.7 Å². The molecule has 13 heteroatoms. The fraction of sp³-hybridized carbons (Fsp3) is 0.333. The molecule has 0 radical (unpaired) electrons. The lowest BCUT2D eigenvalue weighted by atomic mass is 10.0. The summed E-state index contributed by atoms with van der Waals surface area (Å²) in [4.78, 5) is 20.4. The Morgan fingerprint density at radius 3 is 2.65 bits per heavy atom. The van der Waals surface area contributed by atoms with Crippen molar-refractivity contribution >= 4 is 45.5 Å². The minimum absolute atomic E-state index is 0.234. The zero-order chi connectivity index (χ0) is 22.4. The standard InChI is InChI=1S/C18H21N7O4S2/c1-4-15-19-14(10-30-15)13(9-11-5-7-12(8-6-11)24-31(27)28)20-16-21-17(25(2)23-16)22-18(26)29-3/h5-8,10,13H,4,9H2,1-3H3,(H2,20,21,22,23,26)/t13-/m0/s1. The summed E-state index contributed by atoms with van der Waals surface area (Å²) >= 11 is 1.57. The number of nitrogens with zero attached hydrogens (tertiary/aromatic N) is 5. The molecular weight excluding hydrogens is 442 g/mol. The molecule has 1 amide bonds. The SMILES string of the molecule is CCc1nc([C@H](Cc2ccc(N=S(=O)=O)cc2)Nc2nc(NC(=O)OC)n(C)n2)cs1. The molecule has 0 bridgehead atoms. The Morgan fingerprint density at radius 1 is 1.29 bits per heavy atom. The van der Waals surface area contributed by atoms with Crippen LogP contribution in [0.2, 0.25) is 0 Å². The lowest BCUT2D eigenvalue weighted by molar-refractivity contribution is 0.186. The Bertz CT molecular complexity index is 1180. The van der Waals surface area contributed by atoms with Gasteiger partial charge < -0.3 is 10.1 Å². The van der Waals surface area contributed by atoms with Crippen molar-refractivity contribution < 1.29 is 17.9 Å². The van der Waals surface area contributed by atoms with Crippen LogP contribution in [0.3, 0.4) is 0 Å². The molecule has 0 saturated carbocycles. The number of ether oxygens (including phenoxy) is 1. The average Bonchev–Trinajstić information content (AvgIpc) is 3.35. The molecule has 1 atom stereocenters. The summed E-state index contributed by atoms with van der Waals surface area (Å²) in [6.45, 7) is 2.04. The van der Waals surface area contributed by atoms with Crippen molar-refractivity contribution in [2.45, 2.75) is 25.8 Å². The predicted molar refractivity (Wildman–Crippen MR) is 116 cm³/mol. The Kier molecular flexibility index (Phi) is 7.31. The zero-order valence-electron chi connectivity index (χ0n) is 17.1. The summed E-state index contributed by atoms with van der Waals surface area (Å²) in [5.74, 6) is 0.551. The van der Waals surface area contributed by atoms with E-state index in [4.69, 9.17) is 0 Å². The van der Waals surface area contributed by atoms with E-state index in [1.54, 1.807) is 30.5 Å². The van der Waals surface area contributed by atoms with Crippen LogP contribution >= 0.6 is 11.3 Å². The van der Waals surface area contributed by atoms with Crippen LogP contribution in [-0.4, -0.2) is 41.4 Å². The highest BCUT2D eigenvalue weighted by atomic mass is 32.2. The fourth-order valence-corrected chi connectivity index (χ4v) is 3.84. The highest BCUT2D eigenvalue weighted by Gasteiger charge is 2.19. The number of hydrogen-bond acceptors (Lipinski definition) is 10. The highest BCUT2D eigenvalue weighted by Crippen LogP contribution is 2.26. The first-order chi connectivity index (χ1) is 14.9. The molecule has 2 N–H and O–H groups in total. The zero-order valence-corrected chi connectivity index (χ0v) is 18.7. The largest absolute Gasteiger partial charge is 0.453 e. The molecule has 1 aromatic carbocycles. The first-order valence-corrected chi connectivity index (χ1v) is 11.2. The monoisotopic (exact) mass is 463 g/mol. The molecule has 0 aliphatic carbocycles. The van der Waals surface area contributed by atoms with E-state index in [0.717, 1.165) is 22.7 Å². The van der Waals surface area contributed by atoms with E-state index in [0.29, 0.717) is 18.1 Å². The molecule has 31 heavy (non-hydrogen) atoms. The van der Waals surface area contributed by atoms with Gasteiger partial charge >= 0.3 is 16.6 Å². The number of hydrogen-bond donors (Lipinski definition) is 2. The highest BCUT2D eigenvalue weighted by molar-refractivity contribution is 7.61. The molecule has 0 aliphatic rings. The van der Waals surface area contributed by atoms with Crippen LogP contribution in [-0.2, 0) is 35.1 Å². The summed E-state index contributed by atoms with van der Waals surface area (Å²) in [5, 5.41) is 13.0. The first kappa shape index (κ1) is 22.4. The van der Waals surface area contributed by atoms with Gasteiger partial charge in [0, 0.05) is 12.4 Å². The normalized spacial score (nSPS) is 11.6.